The summed E-state index contributed by atoms with van der Waals surface area (Å²) in [5.41, 5.74) is 2.82. The molecule has 0 heterocycles. The van der Waals surface area contributed by atoms with E-state index in [1.165, 1.54) is 14.2 Å². The molecule has 0 aliphatic carbocycles. The van der Waals surface area contributed by atoms with E-state index in [0.29, 0.717) is 33.9 Å². The zero-order chi connectivity index (χ0) is 20.8. The summed E-state index contributed by atoms with van der Waals surface area (Å²) in [6.45, 7) is 3.62. The van der Waals surface area contributed by atoms with Crippen molar-refractivity contribution in [1.29, 1.82) is 0 Å². The van der Waals surface area contributed by atoms with E-state index in [-0.39, 0.29) is 19.1 Å². The molecule has 154 valence electrons. The Morgan fingerprint density at radius 3 is 2.04 bits per heavy atom. The number of benzene rings is 2. The molecule has 0 saturated heterocycles. The third kappa shape index (κ3) is 4.41. The lowest BCUT2D eigenvalue weighted by Gasteiger charge is -2.26. The first kappa shape index (κ1) is 22.0. The average molecular weight is 390 g/mol. The van der Waals surface area contributed by atoms with Gasteiger partial charge in [-0.2, -0.15) is 0 Å². The first-order valence-electron chi connectivity index (χ1n) is 9.24. The van der Waals surface area contributed by atoms with E-state index in [1.807, 2.05) is 12.1 Å². The Hall–Kier alpha value is -2.28. The Morgan fingerprint density at radius 1 is 0.857 bits per heavy atom. The quantitative estimate of drug-likeness (QED) is 0.610. The maximum absolute atomic E-state index is 11.1. The molecule has 28 heavy (non-hydrogen) atoms. The molecule has 0 amide bonds. The van der Waals surface area contributed by atoms with Crippen molar-refractivity contribution in [2.45, 2.75) is 38.4 Å². The number of hydrogen-bond acceptors (Lipinski definition) is 6. The van der Waals surface area contributed by atoms with Gasteiger partial charge in [0.2, 0.25) is 0 Å². The standard InChI is InChI=1S/C22H30O6/c1-13(2)15-9-17(22(28-5)20(10-15)27-4)18(12-24)21(25)14-6-7-19(26-3)16(8-14)11-23/h6-10,13,18,21,23-25H,11-12H2,1-5H3. The van der Waals surface area contributed by atoms with Gasteiger partial charge in [-0.3, -0.25) is 0 Å². The van der Waals surface area contributed by atoms with E-state index in [1.54, 1.807) is 25.3 Å². The van der Waals surface area contributed by atoms with Crippen LogP contribution in [0.3, 0.4) is 0 Å². The van der Waals surface area contributed by atoms with Gasteiger partial charge in [-0.05, 0) is 35.2 Å². The summed E-state index contributed by atoms with van der Waals surface area (Å²) in [6.07, 6.45) is -1.01. The van der Waals surface area contributed by atoms with Crippen molar-refractivity contribution in [1.82, 2.24) is 0 Å². The van der Waals surface area contributed by atoms with Crippen molar-refractivity contribution >= 4 is 0 Å². The van der Waals surface area contributed by atoms with Gasteiger partial charge in [0.25, 0.3) is 0 Å². The number of rotatable bonds is 9. The third-order valence-corrected chi connectivity index (χ3v) is 4.99. The summed E-state index contributed by atoms with van der Waals surface area (Å²) in [7, 11) is 4.62. The van der Waals surface area contributed by atoms with E-state index >= 15 is 0 Å². The minimum Gasteiger partial charge on any atom is -0.496 e. The molecular weight excluding hydrogens is 360 g/mol. The number of aliphatic hydroxyl groups excluding tert-OH is 3. The molecule has 0 aliphatic rings. The maximum Gasteiger partial charge on any atom is 0.164 e. The highest BCUT2D eigenvalue weighted by atomic mass is 16.5. The van der Waals surface area contributed by atoms with E-state index in [0.717, 1.165) is 5.56 Å². The maximum atomic E-state index is 11.1. The molecule has 0 radical (unpaired) electrons. The van der Waals surface area contributed by atoms with Crippen LogP contribution < -0.4 is 14.2 Å². The summed E-state index contributed by atoms with van der Waals surface area (Å²) in [5.74, 6) is 1.18. The second kappa shape index (κ2) is 9.78. The van der Waals surface area contributed by atoms with Gasteiger partial charge >= 0.3 is 0 Å². The van der Waals surface area contributed by atoms with Crippen LogP contribution in [0.15, 0.2) is 30.3 Å². The lowest BCUT2D eigenvalue weighted by Crippen LogP contribution is -2.17. The van der Waals surface area contributed by atoms with Crippen LogP contribution in [0.5, 0.6) is 17.2 Å². The minimum absolute atomic E-state index is 0.215. The number of methoxy groups -OCH3 is 3. The van der Waals surface area contributed by atoms with Crippen LogP contribution >= 0.6 is 0 Å². The van der Waals surface area contributed by atoms with Crippen LogP contribution in [0.4, 0.5) is 0 Å². The monoisotopic (exact) mass is 390 g/mol. The fraction of sp³-hybridized carbons (Fsp3) is 0.455. The van der Waals surface area contributed by atoms with Crippen LogP contribution in [0.2, 0.25) is 0 Å². The molecule has 2 rings (SSSR count). The first-order valence-corrected chi connectivity index (χ1v) is 9.24. The van der Waals surface area contributed by atoms with Crippen LogP contribution in [-0.4, -0.2) is 43.3 Å². The van der Waals surface area contributed by atoms with Crippen LogP contribution in [0.1, 0.15) is 54.0 Å². The summed E-state index contributed by atoms with van der Waals surface area (Å²) >= 11 is 0. The summed E-state index contributed by atoms with van der Waals surface area (Å²) < 4.78 is 16.2. The van der Waals surface area contributed by atoms with Crippen LogP contribution in [0, 0.1) is 0 Å². The highest BCUT2D eigenvalue weighted by Gasteiger charge is 2.28. The third-order valence-electron chi connectivity index (χ3n) is 4.99. The van der Waals surface area contributed by atoms with Gasteiger partial charge in [-0.1, -0.05) is 26.0 Å². The van der Waals surface area contributed by atoms with E-state index in [2.05, 4.69) is 13.8 Å². The molecule has 0 fully saturated rings. The van der Waals surface area contributed by atoms with Crippen LogP contribution in [0.25, 0.3) is 0 Å². The number of aliphatic hydroxyl groups is 3. The van der Waals surface area contributed by atoms with E-state index in [4.69, 9.17) is 14.2 Å². The second-order valence-electron chi connectivity index (χ2n) is 6.96. The minimum atomic E-state index is -1.01. The second-order valence-corrected chi connectivity index (χ2v) is 6.96. The SMILES string of the molecule is COc1ccc(C(O)C(CO)c2cc(C(C)C)cc(OC)c2OC)cc1CO. The number of ether oxygens (including phenoxy) is 3. The highest BCUT2D eigenvalue weighted by molar-refractivity contribution is 5.52. The lowest BCUT2D eigenvalue weighted by molar-refractivity contribution is 0.105. The number of hydrogen-bond donors (Lipinski definition) is 3. The molecule has 6 heteroatoms. The van der Waals surface area contributed by atoms with E-state index < -0.39 is 12.0 Å². The Morgan fingerprint density at radius 2 is 1.54 bits per heavy atom. The van der Waals surface area contributed by atoms with Crippen molar-refractivity contribution in [3.63, 3.8) is 0 Å². The molecule has 6 nitrogen and oxygen atoms in total. The van der Waals surface area contributed by atoms with Gasteiger partial charge in [-0.25, -0.2) is 0 Å². The van der Waals surface area contributed by atoms with Crippen molar-refractivity contribution in [3.8, 4) is 17.2 Å². The summed E-state index contributed by atoms with van der Waals surface area (Å²) in [4.78, 5) is 0. The fourth-order valence-corrected chi connectivity index (χ4v) is 3.33. The molecule has 0 bridgehead atoms. The molecule has 2 aromatic rings. The molecule has 2 aromatic carbocycles. The van der Waals surface area contributed by atoms with E-state index in [9.17, 15) is 15.3 Å². The molecule has 2 unspecified atom stereocenters. The normalized spacial score (nSPS) is 13.3. The van der Waals surface area contributed by atoms with Gasteiger partial charge in [0.15, 0.2) is 11.5 Å². The Bertz CT molecular complexity index is 787. The zero-order valence-electron chi connectivity index (χ0n) is 17.1. The molecule has 0 saturated carbocycles. The largest absolute Gasteiger partial charge is 0.496 e. The molecule has 0 aliphatic heterocycles. The summed E-state index contributed by atoms with van der Waals surface area (Å²) in [6, 6.07) is 8.95. The fourth-order valence-electron chi connectivity index (χ4n) is 3.33. The highest BCUT2D eigenvalue weighted by Crippen LogP contribution is 2.43. The van der Waals surface area contributed by atoms with Crippen LogP contribution in [-0.2, 0) is 6.61 Å². The van der Waals surface area contributed by atoms with Crippen molar-refractivity contribution < 1.29 is 29.5 Å². The van der Waals surface area contributed by atoms with Crippen molar-refractivity contribution in [2.24, 2.45) is 0 Å². The molecular formula is C22H30O6. The Labute approximate surface area is 166 Å². The van der Waals surface area contributed by atoms with Crippen molar-refractivity contribution in [3.05, 3.63) is 52.6 Å². The Balaban J connectivity index is 2.56. The zero-order valence-corrected chi connectivity index (χ0v) is 17.1. The average Bonchev–Trinajstić information content (AvgIpc) is 2.72. The smallest absolute Gasteiger partial charge is 0.164 e. The Kier molecular flexibility index (Phi) is 7.69. The first-order chi connectivity index (χ1) is 13.4. The van der Waals surface area contributed by atoms with Gasteiger partial charge in [0, 0.05) is 17.0 Å². The van der Waals surface area contributed by atoms with Gasteiger partial charge in [0.05, 0.1) is 40.6 Å². The van der Waals surface area contributed by atoms with Gasteiger partial charge in [-0.15, -0.1) is 0 Å². The molecule has 0 spiro atoms. The molecule has 2 atom stereocenters. The van der Waals surface area contributed by atoms with Gasteiger partial charge < -0.3 is 29.5 Å². The predicted octanol–water partition coefficient (Wildman–Crippen LogP) is 3.14. The molecule has 3 N–H and O–H groups in total. The van der Waals surface area contributed by atoms with Crippen molar-refractivity contribution in [2.75, 3.05) is 27.9 Å². The predicted molar refractivity (Wildman–Crippen MR) is 107 cm³/mol. The molecule has 0 aromatic heterocycles. The lowest BCUT2D eigenvalue weighted by atomic mass is 9.86. The van der Waals surface area contributed by atoms with Gasteiger partial charge in [0.1, 0.15) is 5.75 Å². The topological polar surface area (TPSA) is 88.4 Å². The summed E-state index contributed by atoms with van der Waals surface area (Å²) in [5, 5.41) is 30.7.